The molecule has 0 unspecified atom stereocenters. The minimum Gasteiger partial charge on any atom is -0.451 e. The van der Waals surface area contributed by atoms with E-state index in [2.05, 4.69) is 5.32 Å². The molecule has 1 N–H and O–H groups in total. The number of rotatable bonds is 3. The van der Waals surface area contributed by atoms with E-state index in [1.807, 2.05) is 24.3 Å². The molecule has 3 aromatic carbocycles. The van der Waals surface area contributed by atoms with Gasteiger partial charge in [-0.2, -0.15) is 0 Å². The summed E-state index contributed by atoms with van der Waals surface area (Å²) in [6.45, 7) is 0.650. The van der Waals surface area contributed by atoms with Crippen LogP contribution in [0.2, 0.25) is 0 Å². The van der Waals surface area contributed by atoms with Crippen molar-refractivity contribution in [2.45, 2.75) is 6.42 Å². The van der Waals surface area contributed by atoms with Gasteiger partial charge in [0.05, 0.1) is 5.39 Å². The van der Waals surface area contributed by atoms with Crippen LogP contribution in [0.4, 0.5) is 11.4 Å². The lowest BCUT2D eigenvalue weighted by Gasteiger charge is -2.17. The number of carbonyl (C=O) groups excluding carboxylic acids is 2. The maximum Gasteiger partial charge on any atom is 0.291 e. The van der Waals surface area contributed by atoms with Gasteiger partial charge in [-0.05, 0) is 54.4 Å². The van der Waals surface area contributed by atoms with Gasteiger partial charge in [0.25, 0.3) is 11.8 Å². The quantitative estimate of drug-likeness (QED) is 0.548. The van der Waals surface area contributed by atoms with Gasteiger partial charge in [0.15, 0.2) is 11.2 Å². The zero-order chi connectivity index (χ0) is 21.4. The summed E-state index contributed by atoms with van der Waals surface area (Å²) in [5, 5.41) is 3.13. The Labute approximate surface area is 177 Å². The van der Waals surface area contributed by atoms with Crippen LogP contribution < -0.4 is 15.6 Å². The summed E-state index contributed by atoms with van der Waals surface area (Å²) in [4.78, 5) is 39.4. The maximum absolute atomic E-state index is 12.9. The van der Waals surface area contributed by atoms with Crippen LogP contribution in [-0.4, -0.2) is 18.4 Å². The summed E-state index contributed by atoms with van der Waals surface area (Å²) in [5.41, 5.74) is 3.21. The first-order valence-corrected chi connectivity index (χ1v) is 9.94. The highest BCUT2D eigenvalue weighted by atomic mass is 16.3. The molecular weight excluding hydrogens is 392 g/mol. The second-order valence-electron chi connectivity index (χ2n) is 7.34. The van der Waals surface area contributed by atoms with E-state index < -0.39 is 5.91 Å². The van der Waals surface area contributed by atoms with Gasteiger partial charge >= 0.3 is 0 Å². The fourth-order valence-corrected chi connectivity index (χ4v) is 3.81. The normalized spacial score (nSPS) is 12.6. The molecule has 2 amide bonds. The molecule has 6 heteroatoms. The predicted molar refractivity (Wildman–Crippen MR) is 119 cm³/mol. The smallest absolute Gasteiger partial charge is 0.291 e. The van der Waals surface area contributed by atoms with Crippen molar-refractivity contribution in [3.63, 3.8) is 0 Å². The third-order valence-corrected chi connectivity index (χ3v) is 5.38. The summed E-state index contributed by atoms with van der Waals surface area (Å²) in [7, 11) is 0. The highest BCUT2D eigenvalue weighted by Gasteiger charge is 2.25. The summed E-state index contributed by atoms with van der Waals surface area (Å²) in [5.74, 6) is -0.684. The molecule has 0 saturated heterocycles. The van der Waals surface area contributed by atoms with E-state index in [-0.39, 0.29) is 17.1 Å². The number of carbonyl (C=O) groups is 2. The maximum atomic E-state index is 12.9. The molecular formula is C25H18N2O4. The monoisotopic (exact) mass is 410 g/mol. The Morgan fingerprint density at radius 1 is 0.903 bits per heavy atom. The molecule has 0 aliphatic carbocycles. The first kappa shape index (κ1) is 18.8. The van der Waals surface area contributed by atoms with Crippen molar-refractivity contribution in [1.29, 1.82) is 0 Å². The van der Waals surface area contributed by atoms with Gasteiger partial charge in [-0.15, -0.1) is 0 Å². The summed E-state index contributed by atoms with van der Waals surface area (Å²) in [6.07, 6.45) is 0.840. The Kier molecular flexibility index (Phi) is 4.59. The van der Waals surface area contributed by atoms with Crippen LogP contribution in [0.15, 0.2) is 88.1 Å². The topological polar surface area (TPSA) is 79.6 Å². The molecule has 1 aromatic heterocycles. The molecule has 0 bridgehead atoms. The van der Waals surface area contributed by atoms with Crippen LogP contribution in [0.25, 0.3) is 11.0 Å². The molecule has 0 spiro atoms. The van der Waals surface area contributed by atoms with Gasteiger partial charge in [-0.1, -0.05) is 30.3 Å². The van der Waals surface area contributed by atoms with Gasteiger partial charge in [0.2, 0.25) is 0 Å². The molecule has 31 heavy (non-hydrogen) atoms. The Balaban J connectivity index is 1.33. The zero-order valence-corrected chi connectivity index (χ0v) is 16.5. The van der Waals surface area contributed by atoms with E-state index in [4.69, 9.17) is 4.42 Å². The number of nitrogens with zero attached hydrogens (tertiary/aromatic N) is 1. The van der Waals surface area contributed by atoms with E-state index in [0.29, 0.717) is 28.8 Å². The van der Waals surface area contributed by atoms with Crippen LogP contribution in [0.3, 0.4) is 0 Å². The highest BCUT2D eigenvalue weighted by molar-refractivity contribution is 6.08. The molecule has 1 aliphatic heterocycles. The number of hydrogen-bond donors (Lipinski definition) is 1. The van der Waals surface area contributed by atoms with Crippen molar-refractivity contribution >= 4 is 34.2 Å². The number of fused-ring (bicyclic) bond motifs is 2. The molecule has 1 aliphatic rings. The standard InChI is InChI=1S/C25H18N2O4/c28-21-15-23(31-22-8-4-2-6-19(21)22)24(29)26-18-11-9-17(10-12-18)25(30)27-14-13-16-5-1-3-7-20(16)27/h1-12,15H,13-14H2,(H,26,29). The minimum atomic E-state index is -0.532. The second-order valence-corrected chi connectivity index (χ2v) is 7.34. The largest absolute Gasteiger partial charge is 0.451 e. The molecule has 152 valence electrons. The first-order chi connectivity index (χ1) is 15.1. The van der Waals surface area contributed by atoms with Crippen molar-refractivity contribution in [2.75, 3.05) is 16.8 Å². The number of hydrogen-bond acceptors (Lipinski definition) is 4. The number of amides is 2. The number of anilines is 2. The average Bonchev–Trinajstić information content (AvgIpc) is 3.23. The van der Waals surface area contributed by atoms with Gasteiger partial charge in [0.1, 0.15) is 5.58 Å². The van der Waals surface area contributed by atoms with Crippen LogP contribution in [0, 0.1) is 0 Å². The lowest BCUT2D eigenvalue weighted by atomic mass is 10.1. The average molecular weight is 410 g/mol. The van der Waals surface area contributed by atoms with Crippen molar-refractivity contribution in [2.24, 2.45) is 0 Å². The Hall–Kier alpha value is -4.19. The van der Waals surface area contributed by atoms with E-state index in [0.717, 1.165) is 17.7 Å². The summed E-state index contributed by atoms with van der Waals surface area (Å²) >= 11 is 0. The Morgan fingerprint density at radius 3 is 2.48 bits per heavy atom. The fraction of sp³-hybridized carbons (Fsp3) is 0.0800. The third-order valence-electron chi connectivity index (χ3n) is 5.38. The molecule has 5 rings (SSSR count). The predicted octanol–water partition coefficient (Wildman–Crippen LogP) is 4.25. The van der Waals surface area contributed by atoms with Crippen LogP contribution >= 0.6 is 0 Å². The molecule has 0 atom stereocenters. The van der Waals surface area contributed by atoms with Gasteiger partial charge in [-0.25, -0.2) is 0 Å². The lowest BCUT2D eigenvalue weighted by Crippen LogP contribution is -2.28. The van der Waals surface area contributed by atoms with Gasteiger partial charge in [0, 0.05) is 29.5 Å². The van der Waals surface area contributed by atoms with E-state index in [1.165, 1.54) is 6.07 Å². The fourth-order valence-electron chi connectivity index (χ4n) is 3.81. The van der Waals surface area contributed by atoms with Gasteiger partial charge < -0.3 is 14.6 Å². The van der Waals surface area contributed by atoms with Crippen molar-refractivity contribution < 1.29 is 14.0 Å². The number of benzene rings is 3. The van der Waals surface area contributed by atoms with Crippen molar-refractivity contribution in [1.82, 2.24) is 0 Å². The Bertz CT molecular complexity index is 1370. The van der Waals surface area contributed by atoms with Crippen molar-refractivity contribution in [3.8, 4) is 0 Å². The first-order valence-electron chi connectivity index (χ1n) is 9.94. The summed E-state index contributed by atoms with van der Waals surface area (Å²) in [6, 6.07) is 22.5. The lowest BCUT2D eigenvalue weighted by molar-refractivity contribution is 0.0986. The molecule has 0 radical (unpaired) electrons. The molecule has 0 saturated carbocycles. The van der Waals surface area contributed by atoms with E-state index in [9.17, 15) is 14.4 Å². The number of nitrogens with one attached hydrogen (secondary N) is 1. The Morgan fingerprint density at radius 2 is 1.65 bits per heavy atom. The minimum absolute atomic E-state index is 0.0717. The SMILES string of the molecule is O=C(Nc1ccc(C(=O)N2CCc3ccccc32)cc1)c1cc(=O)c2ccccc2o1. The van der Waals surface area contributed by atoms with Crippen LogP contribution in [-0.2, 0) is 6.42 Å². The second kappa shape index (κ2) is 7.57. The molecule has 6 nitrogen and oxygen atoms in total. The third kappa shape index (κ3) is 3.48. The summed E-state index contributed by atoms with van der Waals surface area (Å²) < 4.78 is 5.57. The van der Waals surface area contributed by atoms with E-state index >= 15 is 0 Å². The van der Waals surface area contributed by atoms with Crippen molar-refractivity contribution in [3.05, 3.63) is 106 Å². The van der Waals surface area contributed by atoms with Crippen LogP contribution in [0.5, 0.6) is 0 Å². The van der Waals surface area contributed by atoms with E-state index in [1.54, 1.807) is 53.4 Å². The van der Waals surface area contributed by atoms with Gasteiger partial charge in [-0.3, -0.25) is 14.4 Å². The number of para-hydroxylation sites is 2. The van der Waals surface area contributed by atoms with Crippen LogP contribution in [0.1, 0.15) is 26.5 Å². The highest BCUT2D eigenvalue weighted by Crippen LogP contribution is 2.29. The molecule has 0 fully saturated rings. The molecule has 2 heterocycles. The zero-order valence-electron chi connectivity index (χ0n) is 16.5. The molecule has 4 aromatic rings.